The first kappa shape index (κ1) is 27.2. The number of benzene rings is 3. The molecule has 0 saturated heterocycles. The third-order valence-electron chi connectivity index (χ3n) is 5.89. The highest BCUT2D eigenvalue weighted by molar-refractivity contribution is 7.92. The van der Waals surface area contributed by atoms with Crippen molar-refractivity contribution in [3.8, 4) is 0 Å². The average Bonchev–Trinajstić information content (AvgIpc) is 2.85. The molecule has 0 aliphatic heterocycles. The van der Waals surface area contributed by atoms with Gasteiger partial charge in [0.15, 0.2) is 0 Å². The minimum Gasteiger partial charge on any atom is -0.357 e. The molecule has 2 amide bonds. The molecule has 0 aromatic heterocycles. The number of aryl methyl sites for hydroxylation is 2. The topological polar surface area (TPSA) is 86.8 Å². The number of amides is 2. The van der Waals surface area contributed by atoms with Crippen LogP contribution < -0.4 is 9.62 Å². The van der Waals surface area contributed by atoms with E-state index in [1.807, 2.05) is 13.0 Å². The first-order valence-electron chi connectivity index (χ1n) is 11.4. The largest absolute Gasteiger partial charge is 0.357 e. The zero-order valence-electron chi connectivity index (χ0n) is 20.7. The van der Waals surface area contributed by atoms with E-state index in [9.17, 15) is 18.0 Å². The van der Waals surface area contributed by atoms with Crippen LogP contribution >= 0.6 is 11.6 Å². The van der Waals surface area contributed by atoms with Crippen molar-refractivity contribution in [2.45, 2.75) is 38.3 Å². The van der Waals surface area contributed by atoms with Gasteiger partial charge < -0.3 is 10.2 Å². The van der Waals surface area contributed by atoms with Crippen molar-refractivity contribution in [2.24, 2.45) is 0 Å². The molecule has 36 heavy (non-hydrogen) atoms. The zero-order valence-corrected chi connectivity index (χ0v) is 22.3. The SMILES string of the molecule is CNC(=O)C(C)N(Cc1cccc(Cl)c1)C(=O)CN(c1ccc(C)cc1C)S(=O)(=O)c1ccccc1. The van der Waals surface area contributed by atoms with E-state index in [0.717, 1.165) is 15.4 Å². The van der Waals surface area contributed by atoms with Crippen molar-refractivity contribution in [1.82, 2.24) is 10.2 Å². The summed E-state index contributed by atoms with van der Waals surface area (Å²) in [5.74, 6) is -0.889. The van der Waals surface area contributed by atoms with Gasteiger partial charge in [0.05, 0.1) is 10.6 Å². The van der Waals surface area contributed by atoms with Gasteiger partial charge in [0.25, 0.3) is 10.0 Å². The molecular formula is C27H30ClN3O4S. The molecule has 190 valence electrons. The summed E-state index contributed by atoms with van der Waals surface area (Å²) in [5, 5.41) is 3.06. The molecule has 1 N–H and O–H groups in total. The van der Waals surface area contributed by atoms with Crippen LogP contribution in [0.4, 0.5) is 5.69 Å². The van der Waals surface area contributed by atoms with Crippen LogP contribution in [0.2, 0.25) is 5.02 Å². The number of rotatable bonds is 9. The fraction of sp³-hybridized carbons (Fsp3) is 0.259. The molecule has 0 spiro atoms. The van der Waals surface area contributed by atoms with Crippen LogP contribution in [0.5, 0.6) is 0 Å². The Morgan fingerprint density at radius 3 is 2.28 bits per heavy atom. The number of hydrogen-bond donors (Lipinski definition) is 1. The molecule has 1 atom stereocenters. The van der Waals surface area contributed by atoms with Crippen LogP contribution in [0, 0.1) is 13.8 Å². The van der Waals surface area contributed by atoms with Crippen LogP contribution in [0.25, 0.3) is 0 Å². The lowest BCUT2D eigenvalue weighted by Crippen LogP contribution is -2.50. The van der Waals surface area contributed by atoms with E-state index in [1.54, 1.807) is 68.4 Å². The molecule has 1 unspecified atom stereocenters. The Morgan fingerprint density at radius 2 is 1.67 bits per heavy atom. The molecule has 0 radical (unpaired) electrons. The lowest BCUT2D eigenvalue weighted by atomic mass is 10.1. The number of carbonyl (C=O) groups excluding carboxylic acids is 2. The van der Waals surface area contributed by atoms with Gasteiger partial charge in [-0.15, -0.1) is 0 Å². The van der Waals surface area contributed by atoms with Gasteiger partial charge in [-0.1, -0.05) is 59.6 Å². The molecule has 0 fully saturated rings. The van der Waals surface area contributed by atoms with Gasteiger partial charge >= 0.3 is 0 Å². The highest BCUT2D eigenvalue weighted by atomic mass is 35.5. The van der Waals surface area contributed by atoms with Gasteiger partial charge in [-0.2, -0.15) is 0 Å². The highest BCUT2D eigenvalue weighted by Crippen LogP contribution is 2.28. The van der Waals surface area contributed by atoms with Gasteiger partial charge in [0.1, 0.15) is 12.6 Å². The van der Waals surface area contributed by atoms with E-state index in [1.165, 1.54) is 24.1 Å². The summed E-state index contributed by atoms with van der Waals surface area (Å²) in [6.45, 7) is 4.92. The van der Waals surface area contributed by atoms with Crippen LogP contribution in [-0.2, 0) is 26.2 Å². The number of carbonyl (C=O) groups is 2. The molecule has 3 aromatic carbocycles. The minimum atomic E-state index is -4.08. The predicted molar refractivity (Wildman–Crippen MR) is 142 cm³/mol. The normalized spacial score (nSPS) is 12.0. The second kappa shape index (κ2) is 11.6. The van der Waals surface area contributed by atoms with E-state index in [-0.39, 0.29) is 17.3 Å². The molecular weight excluding hydrogens is 498 g/mol. The maximum atomic E-state index is 13.7. The Bertz CT molecular complexity index is 1350. The van der Waals surface area contributed by atoms with Crippen molar-refractivity contribution in [2.75, 3.05) is 17.9 Å². The Hall–Kier alpha value is -3.36. The third-order valence-corrected chi connectivity index (χ3v) is 7.90. The van der Waals surface area contributed by atoms with Gasteiger partial charge in [0.2, 0.25) is 11.8 Å². The van der Waals surface area contributed by atoms with Gasteiger partial charge in [-0.3, -0.25) is 13.9 Å². The second-order valence-corrected chi connectivity index (χ2v) is 10.9. The Balaban J connectivity index is 2.06. The minimum absolute atomic E-state index is 0.0681. The maximum Gasteiger partial charge on any atom is 0.264 e. The van der Waals surface area contributed by atoms with Crippen molar-refractivity contribution in [3.05, 3.63) is 94.5 Å². The van der Waals surface area contributed by atoms with Crippen molar-refractivity contribution >= 4 is 39.1 Å². The number of nitrogens with zero attached hydrogens (tertiary/aromatic N) is 2. The number of anilines is 1. The Kier molecular flexibility index (Phi) is 8.76. The average molecular weight is 528 g/mol. The monoisotopic (exact) mass is 527 g/mol. The summed E-state index contributed by atoms with van der Waals surface area (Å²) in [6.07, 6.45) is 0. The first-order valence-corrected chi connectivity index (χ1v) is 13.3. The Morgan fingerprint density at radius 1 is 0.972 bits per heavy atom. The number of sulfonamides is 1. The standard InChI is InChI=1S/C27H30ClN3O4S/c1-19-13-14-25(20(2)15-19)31(36(34,35)24-11-6-5-7-12-24)18-26(32)30(21(3)27(33)29-4)17-22-9-8-10-23(28)16-22/h5-16,21H,17-18H2,1-4H3,(H,29,33). The van der Waals surface area contributed by atoms with Crippen molar-refractivity contribution in [3.63, 3.8) is 0 Å². The van der Waals surface area contributed by atoms with E-state index >= 15 is 0 Å². The quantitative estimate of drug-likeness (QED) is 0.449. The fourth-order valence-electron chi connectivity index (χ4n) is 3.94. The Labute approximate surface area is 217 Å². The predicted octanol–water partition coefficient (Wildman–Crippen LogP) is 4.32. The molecule has 0 aliphatic rings. The number of halogens is 1. The van der Waals surface area contributed by atoms with Crippen molar-refractivity contribution in [1.29, 1.82) is 0 Å². The van der Waals surface area contributed by atoms with Crippen LogP contribution in [0.1, 0.15) is 23.6 Å². The maximum absolute atomic E-state index is 13.7. The van der Waals surface area contributed by atoms with E-state index in [0.29, 0.717) is 16.3 Å². The first-order chi connectivity index (χ1) is 17.0. The summed E-state index contributed by atoms with van der Waals surface area (Å²) in [4.78, 5) is 27.7. The lowest BCUT2D eigenvalue weighted by molar-refractivity contribution is -0.139. The molecule has 0 saturated carbocycles. The molecule has 3 rings (SSSR count). The van der Waals surface area contributed by atoms with E-state index in [2.05, 4.69) is 5.32 Å². The van der Waals surface area contributed by atoms with E-state index in [4.69, 9.17) is 11.6 Å². The summed E-state index contributed by atoms with van der Waals surface area (Å²) in [7, 11) is -2.60. The fourth-order valence-corrected chi connectivity index (χ4v) is 5.65. The summed E-state index contributed by atoms with van der Waals surface area (Å²) in [5.41, 5.74) is 2.79. The van der Waals surface area contributed by atoms with Gasteiger partial charge in [-0.25, -0.2) is 8.42 Å². The second-order valence-electron chi connectivity index (χ2n) is 8.56. The van der Waals surface area contributed by atoms with E-state index < -0.39 is 28.5 Å². The summed E-state index contributed by atoms with van der Waals surface area (Å²) < 4.78 is 28.6. The number of hydrogen-bond acceptors (Lipinski definition) is 4. The molecule has 0 bridgehead atoms. The lowest BCUT2D eigenvalue weighted by Gasteiger charge is -2.32. The molecule has 7 nitrogen and oxygen atoms in total. The molecule has 0 heterocycles. The van der Waals surface area contributed by atoms with Gasteiger partial charge in [-0.05, 0) is 62.2 Å². The molecule has 3 aromatic rings. The highest BCUT2D eigenvalue weighted by Gasteiger charge is 2.32. The van der Waals surface area contributed by atoms with Crippen LogP contribution in [0.15, 0.2) is 77.7 Å². The van der Waals surface area contributed by atoms with Crippen molar-refractivity contribution < 1.29 is 18.0 Å². The zero-order chi connectivity index (χ0) is 26.5. The summed E-state index contributed by atoms with van der Waals surface area (Å²) >= 11 is 6.13. The summed E-state index contributed by atoms with van der Waals surface area (Å²) in [6, 6.07) is 19.5. The molecule has 9 heteroatoms. The molecule has 0 aliphatic carbocycles. The smallest absolute Gasteiger partial charge is 0.264 e. The van der Waals surface area contributed by atoms with Gasteiger partial charge in [0, 0.05) is 18.6 Å². The third kappa shape index (κ3) is 6.25. The number of nitrogens with one attached hydrogen (secondary N) is 1. The van der Waals surface area contributed by atoms with Crippen LogP contribution in [-0.4, -0.2) is 44.8 Å². The van der Waals surface area contributed by atoms with Crippen LogP contribution in [0.3, 0.4) is 0 Å². The number of likely N-dealkylation sites (N-methyl/N-ethyl adjacent to an activating group) is 1.